The minimum absolute atomic E-state index is 0.142. The van der Waals surface area contributed by atoms with Gasteiger partial charge in [-0.1, -0.05) is 26.3 Å². The molecule has 1 unspecified atom stereocenters. The van der Waals surface area contributed by atoms with E-state index in [0.29, 0.717) is 6.54 Å². The Kier molecular flexibility index (Phi) is 6.03. The molecule has 0 saturated heterocycles. The minimum Gasteiger partial charge on any atom is -0.329 e. The molecule has 2 heteroatoms. The molecule has 72 valence electrons. The smallest absolute Gasteiger partial charge is 0.0304 e. The quantitative estimate of drug-likeness (QED) is 0.570. The monoisotopic (exact) mass is 170 g/mol. The van der Waals surface area contributed by atoms with E-state index in [4.69, 9.17) is 5.73 Å². The molecule has 0 aromatic heterocycles. The maximum atomic E-state index is 5.75. The highest BCUT2D eigenvalue weighted by molar-refractivity contribution is 4.89. The Labute approximate surface area is 76.2 Å². The molecule has 0 spiro atoms. The number of hydrogen-bond acceptors (Lipinski definition) is 2. The first-order chi connectivity index (χ1) is 5.74. The van der Waals surface area contributed by atoms with Crippen LogP contribution in [0.2, 0.25) is 0 Å². The van der Waals surface area contributed by atoms with E-state index in [1.54, 1.807) is 0 Å². The Bertz CT molecular complexity index is 117. The predicted octanol–water partition coefficient (Wildman–Crippen LogP) is 1.67. The summed E-state index contributed by atoms with van der Waals surface area (Å²) in [5.41, 5.74) is 5.89. The standard InChI is InChI=1S/C10H22N2/c1-4-7-10(6-3,9-11)12-8-5-2/h5,12H,2,4,6-9,11H2,1,3H3. The van der Waals surface area contributed by atoms with Gasteiger partial charge in [0.05, 0.1) is 0 Å². The highest BCUT2D eigenvalue weighted by Crippen LogP contribution is 2.15. The van der Waals surface area contributed by atoms with Crippen molar-refractivity contribution in [2.45, 2.75) is 38.6 Å². The molecule has 0 aromatic carbocycles. The van der Waals surface area contributed by atoms with Crippen molar-refractivity contribution in [3.05, 3.63) is 12.7 Å². The van der Waals surface area contributed by atoms with Gasteiger partial charge in [0, 0.05) is 18.6 Å². The fourth-order valence-corrected chi connectivity index (χ4v) is 1.48. The van der Waals surface area contributed by atoms with Gasteiger partial charge in [0.25, 0.3) is 0 Å². The third-order valence-corrected chi connectivity index (χ3v) is 2.42. The van der Waals surface area contributed by atoms with Crippen LogP contribution in [0.5, 0.6) is 0 Å². The third kappa shape index (κ3) is 3.37. The Morgan fingerprint density at radius 3 is 2.50 bits per heavy atom. The summed E-state index contributed by atoms with van der Waals surface area (Å²) >= 11 is 0. The molecule has 3 N–H and O–H groups in total. The molecule has 0 aromatic rings. The third-order valence-electron chi connectivity index (χ3n) is 2.42. The molecule has 1 atom stereocenters. The van der Waals surface area contributed by atoms with Crippen LogP contribution in [0.3, 0.4) is 0 Å². The SMILES string of the molecule is C=CCNC(CC)(CN)CCC. The Balaban J connectivity index is 4.03. The second kappa shape index (κ2) is 6.21. The molecule has 0 amide bonds. The highest BCUT2D eigenvalue weighted by Gasteiger charge is 2.23. The van der Waals surface area contributed by atoms with E-state index in [9.17, 15) is 0 Å². The van der Waals surface area contributed by atoms with Crippen LogP contribution in [0.4, 0.5) is 0 Å². The van der Waals surface area contributed by atoms with E-state index in [1.807, 2.05) is 6.08 Å². The van der Waals surface area contributed by atoms with Gasteiger partial charge in [-0.25, -0.2) is 0 Å². The van der Waals surface area contributed by atoms with Crippen LogP contribution >= 0.6 is 0 Å². The number of nitrogens with one attached hydrogen (secondary N) is 1. The molecule has 0 radical (unpaired) electrons. The van der Waals surface area contributed by atoms with Crippen molar-refractivity contribution in [2.75, 3.05) is 13.1 Å². The summed E-state index contributed by atoms with van der Waals surface area (Å²) in [6, 6.07) is 0. The summed E-state index contributed by atoms with van der Waals surface area (Å²) in [6.07, 6.45) is 5.30. The van der Waals surface area contributed by atoms with Gasteiger partial charge in [-0.3, -0.25) is 0 Å². The van der Waals surface area contributed by atoms with E-state index in [-0.39, 0.29) is 5.54 Å². The molecule has 12 heavy (non-hydrogen) atoms. The lowest BCUT2D eigenvalue weighted by molar-refractivity contribution is 0.308. The van der Waals surface area contributed by atoms with Crippen LogP contribution < -0.4 is 11.1 Å². The van der Waals surface area contributed by atoms with Crippen LogP contribution in [-0.4, -0.2) is 18.6 Å². The summed E-state index contributed by atoms with van der Waals surface area (Å²) in [4.78, 5) is 0. The predicted molar refractivity (Wildman–Crippen MR) is 55.2 cm³/mol. The van der Waals surface area contributed by atoms with Gasteiger partial charge in [-0.2, -0.15) is 0 Å². The van der Waals surface area contributed by atoms with Crippen molar-refractivity contribution in [2.24, 2.45) is 5.73 Å². The van der Waals surface area contributed by atoms with Crippen molar-refractivity contribution < 1.29 is 0 Å². The van der Waals surface area contributed by atoms with Gasteiger partial charge in [0.15, 0.2) is 0 Å². The van der Waals surface area contributed by atoms with Crippen molar-refractivity contribution in [1.29, 1.82) is 0 Å². The molecular weight excluding hydrogens is 148 g/mol. The Hall–Kier alpha value is -0.340. The summed E-state index contributed by atoms with van der Waals surface area (Å²) < 4.78 is 0. The van der Waals surface area contributed by atoms with Crippen molar-refractivity contribution >= 4 is 0 Å². The first-order valence-corrected chi connectivity index (χ1v) is 4.80. The van der Waals surface area contributed by atoms with E-state index < -0.39 is 0 Å². The molecule has 0 rings (SSSR count). The maximum Gasteiger partial charge on any atom is 0.0304 e. The van der Waals surface area contributed by atoms with E-state index in [0.717, 1.165) is 19.4 Å². The van der Waals surface area contributed by atoms with Gasteiger partial charge in [-0.15, -0.1) is 6.58 Å². The van der Waals surface area contributed by atoms with E-state index in [1.165, 1.54) is 6.42 Å². The zero-order chi connectivity index (χ0) is 9.45. The van der Waals surface area contributed by atoms with Crippen molar-refractivity contribution in [3.63, 3.8) is 0 Å². The normalized spacial score (nSPS) is 15.6. The van der Waals surface area contributed by atoms with Gasteiger partial charge >= 0.3 is 0 Å². The molecule has 2 nitrogen and oxygen atoms in total. The molecule has 0 aliphatic carbocycles. The number of hydrogen-bond donors (Lipinski definition) is 2. The largest absolute Gasteiger partial charge is 0.329 e. The molecule has 0 saturated carbocycles. The number of rotatable bonds is 7. The van der Waals surface area contributed by atoms with E-state index in [2.05, 4.69) is 25.7 Å². The van der Waals surface area contributed by atoms with Gasteiger partial charge in [-0.05, 0) is 12.8 Å². The maximum absolute atomic E-state index is 5.75. The molecule has 0 aliphatic heterocycles. The average Bonchev–Trinajstić information content (AvgIpc) is 2.13. The zero-order valence-corrected chi connectivity index (χ0v) is 8.40. The summed E-state index contributed by atoms with van der Waals surface area (Å²) in [5, 5.41) is 3.44. The van der Waals surface area contributed by atoms with Crippen molar-refractivity contribution in [3.8, 4) is 0 Å². The van der Waals surface area contributed by atoms with Gasteiger partial charge in [0.2, 0.25) is 0 Å². The highest BCUT2D eigenvalue weighted by atomic mass is 15.0. The summed E-state index contributed by atoms with van der Waals surface area (Å²) in [7, 11) is 0. The second-order valence-corrected chi connectivity index (χ2v) is 3.26. The Morgan fingerprint density at radius 1 is 1.50 bits per heavy atom. The molecule has 0 aliphatic rings. The molecular formula is C10H22N2. The zero-order valence-electron chi connectivity index (χ0n) is 8.40. The summed E-state index contributed by atoms with van der Waals surface area (Å²) in [6.45, 7) is 9.62. The molecule has 0 heterocycles. The summed E-state index contributed by atoms with van der Waals surface area (Å²) in [5.74, 6) is 0. The second-order valence-electron chi connectivity index (χ2n) is 3.26. The van der Waals surface area contributed by atoms with Crippen LogP contribution in [0.15, 0.2) is 12.7 Å². The fraction of sp³-hybridized carbons (Fsp3) is 0.800. The first-order valence-electron chi connectivity index (χ1n) is 4.80. The lowest BCUT2D eigenvalue weighted by Gasteiger charge is -2.32. The van der Waals surface area contributed by atoms with Crippen molar-refractivity contribution in [1.82, 2.24) is 5.32 Å². The van der Waals surface area contributed by atoms with Gasteiger partial charge < -0.3 is 11.1 Å². The lowest BCUT2D eigenvalue weighted by atomic mass is 9.91. The van der Waals surface area contributed by atoms with Crippen LogP contribution in [-0.2, 0) is 0 Å². The minimum atomic E-state index is 0.142. The molecule has 0 bridgehead atoms. The first kappa shape index (κ1) is 11.7. The van der Waals surface area contributed by atoms with Crippen LogP contribution in [0.25, 0.3) is 0 Å². The average molecular weight is 170 g/mol. The fourth-order valence-electron chi connectivity index (χ4n) is 1.48. The Morgan fingerprint density at radius 2 is 2.17 bits per heavy atom. The number of nitrogens with two attached hydrogens (primary N) is 1. The van der Waals surface area contributed by atoms with Crippen LogP contribution in [0, 0.1) is 0 Å². The van der Waals surface area contributed by atoms with Gasteiger partial charge in [0.1, 0.15) is 0 Å². The topological polar surface area (TPSA) is 38.0 Å². The lowest BCUT2D eigenvalue weighted by Crippen LogP contribution is -2.50. The van der Waals surface area contributed by atoms with E-state index >= 15 is 0 Å². The molecule has 0 fully saturated rings. The van der Waals surface area contributed by atoms with Crippen LogP contribution in [0.1, 0.15) is 33.1 Å².